The fourth-order valence-electron chi connectivity index (χ4n) is 5.31. The van der Waals surface area contributed by atoms with E-state index < -0.39 is 6.04 Å². The molecule has 0 unspecified atom stereocenters. The van der Waals surface area contributed by atoms with Gasteiger partial charge in [-0.05, 0) is 31.4 Å². The molecule has 0 aliphatic carbocycles. The maximum Gasteiger partial charge on any atom is 0.323 e. The molecule has 0 rings (SSSR count). The second kappa shape index (κ2) is 36.2. The maximum atomic E-state index is 12.1. The number of carbonyl (C=O) groups is 1. The molecule has 6 heteroatoms. The van der Waals surface area contributed by atoms with Gasteiger partial charge in [0.1, 0.15) is 6.04 Å². The molecule has 1 atom stereocenters. The third-order valence-corrected chi connectivity index (χ3v) is 9.51. The molecule has 0 fully saturated rings. The predicted molar refractivity (Wildman–Crippen MR) is 183 cm³/mol. The molecule has 41 heavy (non-hydrogen) atoms. The first-order valence-electron chi connectivity index (χ1n) is 17.9. The Labute approximate surface area is 265 Å². The number of rotatable bonds is 35. The summed E-state index contributed by atoms with van der Waals surface area (Å²) in [7, 11) is 0. The van der Waals surface area contributed by atoms with Gasteiger partial charge in [0, 0.05) is 18.2 Å². The predicted octanol–water partition coefficient (Wildman–Crippen LogP) is 10.7. The van der Waals surface area contributed by atoms with E-state index in [2.05, 4.69) is 0 Å². The van der Waals surface area contributed by atoms with Crippen molar-refractivity contribution < 1.29 is 14.6 Å². The zero-order chi connectivity index (χ0) is 29.9. The Balaban J connectivity index is 3.26. The highest BCUT2D eigenvalue weighted by Gasteiger charge is 2.14. The topological polar surface area (TPSA) is 72.5 Å². The summed E-state index contributed by atoms with van der Waals surface area (Å²) in [6.07, 6.45) is 36.3. The highest BCUT2D eigenvalue weighted by molar-refractivity contribution is 7.99. The number of alkyl halides is 1. The van der Waals surface area contributed by atoms with E-state index >= 15 is 0 Å². The first-order valence-corrected chi connectivity index (χ1v) is 19.6. The zero-order valence-corrected chi connectivity index (χ0v) is 28.6. The Morgan fingerprint density at radius 1 is 0.561 bits per heavy atom. The van der Waals surface area contributed by atoms with Gasteiger partial charge in [-0.1, -0.05) is 154 Å². The van der Waals surface area contributed by atoms with E-state index in [0.717, 1.165) is 30.9 Å². The van der Waals surface area contributed by atoms with Crippen LogP contribution in [0, 0.1) is 0 Å². The van der Waals surface area contributed by atoms with Crippen LogP contribution in [0.1, 0.15) is 180 Å². The highest BCUT2D eigenvalue weighted by Crippen LogP contribution is 2.15. The Bertz CT molecular complexity index is 512. The molecular weight excluding hydrogens is 550 g/mol. The Morgan fingerprint density at radius 2 is 0.902 bits per heavy atom. The van der Waals surface area contributed by atoms with E-state index in [-0.39, 0.29) is 5.97 Å². The van der Waals surface area contributed by atoms with Crippen LogP contribution in [-0.2, 0) is 9.53 Å². The number of nitrogens with two attached hydrogens (primary N) is 1. The summed E-state index contributed by atoms with van der Waals surface area (Å²) in [5.74, 6) is 2.36. The van der Waals surface area contributed by atoms with Gasteiger partial charge in [0.2, 0.25) is 0 Å². The molecular formula is C35H70ClNO3S. The van der Waals surface area contributed by atoms with Crippen LogP contribution in [0.25, 0.3) is 0 Å². The van der Waals surface area contributed by atoms with Gasteiger partial charge in [0.25, 0.3) is 0 Å². The zero-order valence-electron chi connectivity index (χ0n) is 27.0. The maximum absolute atomic E-state index is 12.1. The number of hydrogen-bond donors (Lipinski definition) is 2. The molecule has 0 radical (unpaired) electrons. The molecule has 246 valence electrons. The second-order valence-electron chi connectivity index (χ2n) is 12.2. The molecule has 0 heterocycles. The Kier molecular flexibility index (Phi) is 36.2. The van der Waals surface area contributed by atoms with Crippen molar-refractivity contribution in [1.29, 1.82) is 0 Å². The van der Waals surface area contributed by atoms with Crippen molar-refractivity contribution in [1.82, 2.24) is 0 Å². The van der Waals surface area contributed by atoms with Gasteiger partial charge in [0.15, 0.2) is 0 Å². The summed E-state index contributed by atoms with van der Waals surface area (Å²) >= 11 is 7.51. The number of halogens is 1. The monoisotopic (exact) mass is 619 g/mol. The van der Waals surface area contributed by atoms with E-state index in [1.54, 1.807) is 11.8 Å². The number of aliphatic hydroxyl groups excluding tert-OH is 1. The van der Waals surface area contributed by atoms with E-state index in [4.69, 9.17) is 27.2 Å². The van der Waals surface area contributed by atoms with Gasteiger partial charge in [0.05, 0.1) is 6.61 Å². The van der Waals surface area contributed by atoms with Crippen molar-refractivity contribution in [3.05, 3.63) is 0 Å². The minimum atomic E-state index is -0.480. The minimum Gasteiger partial charge on any atom is -0.465 e. The minimum absolute atomic E-state index is 0.224. The normalized spacial score (nSPS) is 12.2. The van der Waals surface area contributed by atoms with Gasteiger partial charge >= 0.3 is 5.97 Å². The standard InChI is InChI=1S/C35H70ClNO3S/c36-29-25-21-17-13-9-5-1-3-7-11-15-19-23-27-31-40-35(39)34(37)33-41-32-28-24-20-16-12-8-4-2-6-10-14-18-22-26-30-38/h34,38H,1-33,37H2/t34-/m0/s1. The van der Waals surface area contributed by atoms with Crippen molar-refractivity contribution in [3.63, 3.8) is 0 Å². The Hall–Kier alpha value is 0.0300. The summed E-state index contributed by atoms with van der Waals surface area (Å²) in [6.45, 7) is 0.870. The van der Waals surface area contributed by atoms with Gasteiger partial charge in [-0.2, -0.15) is 11.8 Å². The molecule has 0 amide bonds. The molecule has 0 aromatic heterocycles. The number of ether oxygens (including phenoxy) is 1. The molecule has 0 aliphatic heterocycles. The summed E-state index contributed by atoms with van der Waals surface area (Å²) in [5.41, 5.74) is 6.04. The molecule has 0 aromatic carbocycles. The van der Waals surface area contributed by atoms with Crippen LogP contribution in [0.5, 0.6) is 0 Å². The van der Waals surface area contributed by atoms with Crippen molar-refractivity contribution in [2.75, 3.05) is 30.6 Å². The van der Waals surface area contributed by atoms with Gasteiger partial charge in [-0.15, -0.1) is 11.6 Å². The molecule has 0 spiro atoms. The van der Waals surface area contributed by atoms with E-state index in [9.17, 15) is 4.79 Å². The van der Waals surface area contributed by atoms with E-state index in [1.807, 2.05) is 0 Å². The van der Waals surface area contributed by atoms with Crippen LogP contribution >= 0.6 is 23.4 Å². The summed E-state index contributed by atoms with van der Waals surface area (Å²) in [6, 6.07) is -0.480. The smallest absolute Gasteiger partial charge is 0.323 e. The van der Waals surface area contributed by atoms with Crippen molar-refractivity contribution >= 4 is 29.3 Å². The van der Waals surface area contributed by atoms with Gasteiger partial charge in [-0.25, -0.2) is 0 Å². The molecule has 0 bridgehead atoms. The molecule has 4 nitrogen and oxygen atoms in total. The average molecular weight is 620 g/mol. The summed E-state index contributed by atoms with van der Waals surface area (Å²) in [4.78, 5) is 12.1. The van der Waals surface area contributed by atoms with Crippen LogP contribution in [0.4, 0.5) is 0 Å². The number of hydrogen-bond acceptors (Lipinski definition) is 5. The fourth-order valence-corrected chi connectivity index (χ4v) is 6.47. The van der Waals surface area contributed by atoms with Crippen molar-refractivity contribution in [2.45, 2.75) is 186 Å². The number of aliphatic hydroxyl groups is 1. The van der Waals surface area contributed by atoms with Crippen LogP contribution in [-0.4, -0.2) is 47.7 Å². The largest absolute Gasteiger partial charge is 0.465 e. The van der Waals surface area contributed by atoms with Crippen molar-refractivity contribution in [2.24, 2.45) is 5.73 Å². The van der Waals surface area contributed by atoms with Crippen LogP contribution in [0.15, 0.2) is 0 Å². The molecule has 0 saturated heterocycles. The lowest BCUT2D eigenvalue weighted by Gasteiger charge is -2.11. The van der Waals surface area contributed by atoms with Crippen molar-refractivity contribution in [3.8, 4) is 0 Å². The molecule has 3 N–H and O–H groups in total. The highest BCUT2D eigenvalue weighted by atomic mass is 35.5. The SMILES string of the molecule is N[C@@H](CSCCCCCCCCCCCCCCCCO)C(=O)OCCCCCCCCCCCCCCCCCl. The van der Waals surface area contributed by atoms with Gasteiger partial charge < -0.3 is 15.6 Å². The quantitative estimate of drug-likeness (QED) is 0.0419. The lowest BCUT2D eigenvalue weighted by molar-refractivity contribution is -0.144. The fraction of sp³-hybridized carbons (Fsp3) is 0.971. The van der Waals surface area contributed by atoms with Crippen LogP contribution < -0.4 is 5.73 Å². The number of unbranched alkanes of at least 4 members (excludes halogenated alkanes) is 26. The molecule has 0 aliphatic rings. The molecule has 0 aromatic rings. The Morgan fingerprint density at radius 3 is 1.29 bits per heavy atom. The third-order valence-electron chi connectivity index (χ3n) is 8.07. The van der Waals surface area contributed by atoms with Crippen LogP contribution in [0.2, 0.25) is 0 Å². The number of thioether (sulfide) groups is 1. The van der Waals surface area contributed by atoms with Gasteiger partial charge in [-0.3, -0.25) is 4.79 Å². The molecule has 0 saturated carbocycles. The first-order chi connectivity index (χ1) is 20.2. The third kappa shape index (κ3) is 34.4. The average Bonchev–Trinajstić information content (AvgIpc) is 2.98. The van der Waals surface area contributed by atoms with Crippen LogP contribution in [0.3, 0.4) is 0 Å². The second-order valence-corrected chi connectivity index (χ2v) is 13.7. The first kappa shape index (κ1) is 41.0. The summed E-state index contributed by atoms with van der Waals surface area (Å²) in [5, 5.41) is 8.78. The lowest BCUT2D eigenvalue weighted by atomic mass is 10.0. The number of carbonyl (C=O) groups excluding carboxylic acids is 1. The lowest BCUT2D eigenvalue weighted by Crippen LogP contribution is -2.34. The van der Waals surface area contributed by atoms with E-state index in [1.165, 1.54) is 161 Å². The van der Waals surface area contributed by atoms with E-state index in [0.29, 0.717) is 19.0 Å². The number of esters is 1. The summed E-state index contributed by atoms with van der Waals surface area (Å²) < 4.78 is 5.41.